The molecule has 1 heterocycles. The van der Waals surface area contributed by atoms with Crippen LogP contribution in [0.1, 0.15) is 44.6 Å². The van der Waals surface area contributed by atoms with Gasteiger partial charge < -0.3 is 10.6 Å². The van der Waals surface area contributed by atoms with Crippen LogP contribution >= 0.6 is 35.6 Å². The summed E-state index contributed by atoms with van der Waals surface area (Å²) in [6.07, 6.45) is 8.57. The summed E-state index contributed by atoms with van der Waals surface area (Å²) in [6, 6.07) is 3.78. The van der Waals surface area contributed by atoms with Crippen LogP contribution in [0.4, 0.5) is 0 Å². The fourth-order valence-corrected chi connectivity index (χ4v) is 3.25. The minimum atomic E-state index is 0. The van der Waals surface area contributed by atoms with Crippen LogP contribution in [0.15, 0.2) is 23.3 Å². The number of hydrogen-bond acceptors (Lipinski definition) is 2. The lowest BCUT2D eigenvalue weighted by atomic mass is 9.81. The van der Waals surface area contributed by atoms with Crippen molar-refractivity contribution in [2.45, 2.75) is 45.6 Å². The van der Waals surface area contributed by atoms with Gasteiger partial charge in [-0.15, -0.1) is 24.0 Å². The van der Waals surface area contributed by atoms with Crippen molar-refractivity contribution >= 4 is 41.5 Å². The van der Waals surface area contributed by atoms with Crippen LogP contribution in [0, 0.1) is 11.8 Å². The molecule has 2 atom stereocenters. The van der Waals surface area contributed by atoms with Gasteiger partial charge in [-0.05, 0) is 36.3 Å². The van der Waals surface area contributed by atoms with E-state index in [0.29, 0.717) is 11.7 Å². The first-order valence-corrected chi connectivity index (χ1v) is 8.60. The summed E-state index contributed by atoms with van der Waals surface area (Å²) in [5.41, 5.74) is 1.09. The highest BCUT2D eigenvalue weighted by Gasteiger charge is 2.18. The number of halogens is 2. The van der Waals surface area contributed by atoms with Gasteiger partial charge in [0.15, 0.2) is 5.96 Å². The Kier molecular flexibility index (Phi) is 9.86. The van der Waals surface area contributed by atoms with Crippen molar-refractivity contribution in [1.29, 1.82) is 0 Å². The molecule has 0 radical (unpaired) electrons. The van der Waals surface area contributed by atoms with Gasteiger partial charge in [0.25, 0.3) is 0 Å². The predicted octanol–water partition coefficient (Wildman–Crippen LogP) is 4.23. The number of guanidine groups is 1. The van der Waals surface area contributed by atoms with E-state index < -0.39 is 0 Å². The molecule has 0 aromatic carbocycles. The van der Waals surface area contributed by atoms with E-state index in [9.17, 15) is 0 Å². The van der Waals surface area contributed by atoms with E-state index in [0.717, 1.165) is 29.9 Å². The maximum absolute atomic E-state index is 5.79. The van der Waals surface area contributed by atoms with Crippen molar-refractivity contribution in [3.63, 3.8) is 0 Å². The Hall–Kier alpha value is -0.560. The first-order valence-electron chi connectivity index (χ1n) is 8.22. The van der Waals surface area contributed by atoms with Crippen LogP contribution in [0.2, 0.25) is 5.15 Å². The molecule has 1 aromatic heterocycles. The smallest absolute Gasteiger partial charge is 0.191 e. The number of nitrogens with zero attached hydrogens (tertiary/aromatic N) is 2. The number of nitrogens with one attached hydrogen (secondary N) is 2. The minimum absolute atomic E-state index is 0. The molecule has 1 saturated carbocycles. The topological polar surface area (TPSA) is 49.3 Å². The highest BCUT2D eigenvalue weighted by Crippen LogP contribution is 2.30. The van der Waals surface area contributed by atoms with Crippen LogP contribution in [0.25, 0.3) is 0 Å². The third-order valence-corrected chi connectivity index (χ3v) is 4.59. The molecule has 4 nitrogen and oxygen atoms in total. The molecule has 23 heavy (non-hydrogen) atoms. The van der Waals surface area contributed by atoms with Gasteiger partial charge in [0.2, 0.25) is 0 Å². The third kappa shape index (κ3) is 7.70. The Morgan fingerprint density at radius 2 is 2.17 bits per heavy atom. The van der Waals surface area contributed by atoms with Crippen LogP contribution in [-0.2, 0) is 6.54 Å². The van der Waals surface area contributed by atoms with E-state index in [1.807, 2.05) is 6.07 Å². The second-order valence-electron chi connectivity index (χ2n) is 6.27. The second-order valence-corrected chi connectivity index (χ2v) is 6.66. The standard InChI is InChI=1S/C17H27ClN4.HI/c1-13-4-3-5-14(10-13)8-9-20-17(19-2)22-12-15-6-7-16(18)21-11-15;/h6-7,11,13-14H,3-5,8-10,12H2,1-2H3,(H2,19,20,22);1H. The predicted molar refractivity (Wildman–Crippen MR) is 109 cm³/mol. The summed E-state index contributed by atoms with van der Waals surface area (Å²) >= 11 is 5.79. The second kappa shape index (κ2) is 11.1. The average Bonchev–Trinajstić information content (AvgIpc) is 2.52. The maximum atomic E-state index is 5.79. The zero-order chi connectivity index (χ0) is 15.8. The molecule has 1 aliphatic rings. The molecule has 6 heteroatoms. The number of aromatic nitrogens is 1. The van der Waals surface area contributed by atoms with Gasteiger partial charge in [-0.1, -0.05) is 43.9 Å². The van der Waals surface area contributed by atoms with Crippen molar-refractivity contribution in [1.82, 2.24) is 15.6 Å². The molecule has 2 N–H and O–H groups in total. The van der Waals surface area contributed by atoms with Gasteiger partial charge >= 0.3 is 0 Å². The van der Waals surface area contributed by atoms with Crippen molar-refractivity contribution in [2.24, 2.45) is 16.8 Å². The quantitative estimate of drug-likeness (QED) is 0.305. The molecule has 1 aliphatic carbocycles. The lowest BCUT2D eigenvalue weighted by Crippen LogP contribution is -2.38. The Bertz CT molecular complexity index is 478. The summed E-state index contributed by atoms with van der Waals surface area (Å²) in [4.78, 5) is 8.34. The fraction of sp³-hybridized carbons (Fsp3) is 0.647. The minimum Gasteiger partial charge on any atom is -0.356 e. The Morgan fingerprint density at radius 1 is 1.35 bits per heavy atom. The largest absolute Gasteiger partial charge is 0.356 e. The molecule has 130 valence electrons. The van der Waals surface area contributed by atoms with E-state index in [4.69, 9.17) is 11.6 Å². The van der Waals surface area contributed by atoms with Crippen LogP contribution in [0.3, 0.4) is 0 Å². The molecule has 0 spiro atoms. The molecule has 1 fully saturated rings. The lowest BCUT2D eigenvalue weighted by molar-refractivity contribution is 0.270. The molecule has 0 amide bonds. The van der Waals surface area contributed by atoms with Crippen molar-refractivity contribution in [2.75, 3.05) is 13.6 Å². The van der Waals surface area contributed by atoms with Gasteiger partial charge in [0.05, 0.1) is 0 Å². The van der Waals surface area contributed by atoms with Crippen LogP contribution in [0.5, 0.6) is 0 Å². The van der Waals surface area contributed by atoms with Gasteiger partial charge in [-0.3, -0.25) is 4.99 Å². The van der Waals surface area contributed by atoms with E-state index in [2.05, 4.69) is 27.5 Å². The highest BCUT2D eigenvalue weighted by molar-refractivity contribution is 14.0. The fourth-order valence-electron chi connectivity index (χ4n) is 3.13. The Balaban J connectivity index is 0.00000264. The van der Waals surface area contributed by atoms with Crippen molar-refractivity contribution < 1.29 is 0 Å². The zero-order valence-electron chi connectivity index (χ0n) is 14.0. The van der Waals surface area contributed by atoms with E-state index in [1.54, 1.807) is 19.3 Å². The molecule has 0 aliphatic heterocycles. The number of pyridine rings is 1. The van der Waals surface area contributed by atoms with Gasteiger partial charge in [0, 0.05) is 26.3 Å². The normalized spacial score (nSPS) is 21.4. The first-order chi connectivity index (χ1) is 10.7. The monoisotopic (exact) mass is 450 g/mol. The maximum Gasteiger partial charge on any atom is 0.191 e. The summed E-state index contributed by atoms with van der Waals surface area (Å²) in [5.74, 6) is 2.61. The van der Waals surface area contributed by atoms with Gasteiger partial charge in [-0.25, -0.2) is 4.98 Å². The number of hydrogen-bond donors (Lipinski definition) is 2. The Morgan fingerprint density at radius 3 is 2.83 bits per heavy atom. The van der Waals surface area contributed by atoms with Crippen molar-refractivity contribution in [3.05, 3.63) is 29.0 Å². The summed E-state index contributed by atoms with van der Waals surface area (Å²) in [5, 5.41) is 7.23. The first kappa shape index (κ1) is 20.5. The van der Waals surface area contributed by atoms with Crippen molar-refractivity contribution in [3.8, 4) is 0 Å². The molecular formula is C17H28ClIN4. The Labute approximate surface area is 161 Å². The summed E-state index contributed by atoms with van der Waals surface area (Å²) in [7, 11) is 1.80. The SMILES string of the molecule is CN=C(NCCC1CCCC(C)C1)NCc1ccc(Cl)nc1.I. The number of aliphatic imine (C=N–C) groups is 1. The van der Waals surface area contributed by atoms with Gasteiger partial charge in [-0.2, -0.15) is 0 Å². The number of rotatable bonds is 5. The molecule has 0 saturated heterocycles. The van der Waals surface area contributed by atoms with E-state index >= 15 is 0 Å². The third-order valence-electron chi connectivity index (χ3n) is 4.36. The molecule has 1 aromatic rings. The zero-order valence-corrected chi connectivity index (χ0v) is 17.1. The molecule has 2 unspecified atom stereocenters. The molecule has 2 rings (SSSR count). The highest BCUT2D eigenvalue weighted by atomic mass is 127. The molecular weight excluding hydrogens is 423 g/mol. The van der Waals surface area contributed by atoms with Crippen LogP contribution < -0.4 is 10.6 Å². The van der Waals surface area contributed by atoms with E-state index in [1.165, 1.54) is 32.1 Å². The summed E-state index contributed by atoms with van der Waals surface area (Å²) in [6.45, 7) is 4.06. The molecule has 0 bridgehead atoms. The average molecular weight is 451 g/mol. The lowest BCUT2D eigenvalue weighted by Gasteiger charge is -2.26. The summed E-state index contributed by atoms with van der Waals surface area (Å²) < 4.78 is 0. The van der Waals surface area contributed by atoms with E-state index in [-0.39, 0.29) is 24.0 Å². The van der Waals surface area contributed by atoms with Gasteiger partial charge in [0.1, 0.15) is 5.15 Å². The van der Waals surface area contributed by atoms with Crippen LogP contribution in [-0.4, -0.2) is 24.5 Å².